The number of nitrogens with zero attached hydrogens (tertiary/aromatic N) is 2. The molecule has 0 unspecified atom stereocenters. The SMILES string of the molecule is Fc1c(Cl)cccc1-c1nc(Cl)c2c(Br)ccc(F)c2n1. The smallest absolute Gasteiger partial charge is 0.164 e. The lowest BCUT2D eigenvalue weighted by Crippen LogP contribution is -1.97. The molecule has 0 fully saturated rings. The first-order chi connectivity index (χ1) is 9.99. The van der Waals surface area contributed by atoms with Crippen LogP contribution in [0.2, 0.25) is 10.2 Å². The maximum absolute atomic E-state index is 14.0. The molecular weight excluding hydrogens is 385 g/mol. The van der Waals surface area contributed by atoms with E-state index in [0.717, 1.165) is 0 Å². The highest BCUT2D eigenvalue weighted by Crippen LogP contribution is 2.33. The molecule has 7 heteroatoms. The summed E-state index contributed by atoms with van der Waals surface area (Å²) in [5.74, 6) is -1.27. The van der Waals surface area contributed by atoms with Crippen molar-refractivity contribution in [2.24, 2.45) is 0 Å². The molecule has 3 aromatic rings. The molecular formula is C14H5BrCl2F2N2. The highest BCUT2D eigenvalue weighted by atomic mass is 79.9. The molecule has 0 spiro atoms. The number of benzene rings is 2. The highest BCUT2D eigenvalue weighted by molar-refractivity contribution is 9.10. The van der Waals surface area contributed by atoms with Gasteiger partial charge in [-0.1, -0.05) is 29.3 Å². The molecule has 0 radical (unpaired) electrons. The number of hydrogen-bond acceptors (Lipinski definition) is 2. The maximum atomic E-state index is 14.0. The van der Waals surface area contributed by atoms with Crippen LogP contribution in [0.4, 0.5) is 8.78 Å². The van der Waals surface area contributed by atoms with Crippen LogP contribution in [0.1, 0.15) is 0 Å². The first-order valence-corrected chi connectivity index (χ1v) is 7.29. The summed E-state index contributed by atoms with van der Waals surface area (Å²) in [6.45, 7) is 0. The van der Waals surface area contributed by atoms with Crippen LogP contribution < -0.4 is 0 Å². The second-order valence-electron chi connectivity index (χ2n) is 4.19. The third-order valence-corrected chi connectivity index (χ3v) is 4.12. The van der Waals surface area contributed by atoms with Gasteiger partial charge in [-0.25, -0.2) is 18.7 Å². The van der Waals surface area contributed by atoms with Gasteiger partial charge in [0.2, 0.25) is 0 Å². The van der Waals surface area contributed by atoms with E-state index >= 15 is 0 Å². The number of aromatic nitrogens is 2. The normalized spacial score (nSPS) is 11.1. The molecule has 3 rings (SSSR count). The third-order valence-electron chi connectivity index (χ3n) is 2.90. The van der Waals surface area contributed by atoms with Crippen LogP contribution in [0, 0.1) is 11.6 Å². The fourth-order valence-electron chi connectivity index (χ4n) is 1.92. The van der Waals surface area contributed by atoms with Gasteiger partial charge in [0.15, 0.2) is 11.6 Å². The fourth-order valence-corrected chi connectivity index (χ4v) is 2.99. The van der Waals surface area contributed by atoms with E-state index < -0.39 is 11.6 Å². The number of fused-ring (bicyclic) bond motifs is 1. The molecule has 0 saturated heterocycles. The van der Waals surface area contributed by atoms with Crippen molar-refractivity contribution < 1.29 is 8.78 Å². The van der Waals surface area contributed by atoms with Crippen LogP contribution in [-0.4, -0.2) is 9.97 Å². The molecule has 0 bridgehead atoms. The third kappa shape index (κ3) is 2.50. The van der Waals surface area contributed by atoms with Crippen LogP contribution in [-0.2, 0) is 0 Å². The molecule has 0 N–H and O–H groups in total. The quantitative estimate of drug-likeness (QED) is 0.503. The number of rotatable bonds is 1. The Morgan fingerprint density at radius 1 is 1.00 bits per heavy atom. The lowest BCUT2D eigenvalue weighted by atomic mass is 10.2. The van der Waals surface area contributed by atoms with Crippen LogP contribution in [0.3, 0.4) is 0 Å². The van der Waals surface area contributed by atoms with Crippen molar-refractivity contribution in [1.29, 1.82) is 0 Å². The number of halogens is 5. The zero-order valence-electron chi connectivity index (χ0n) is 10.2. The predicted octanol–water partition coefficient (Wildman–Crippen LogP) is 5.64. The van der Waals surface area contributed by atoms with Crippen molar-refractivity contribution >= 4 is 50.0 Å². The molecule has 0 amide bonds. The van der Waals surface area contributed by atoms with E-state index in [-0.39, 0.29) is 27.1 Å². The van der Waals surface area contributed by atoms with E-state index in [0.29, 0.717) is 9.86 Å². The Morgan fingerprint density at radius 2 is 1.76 bits per heavy atom. The summed E-state index contributed by atoms with van der Waals surface area (Å²) in [5, 5.41) is 0.297. The van der Waals surface area contributed by atoms with Gasteiger partial charge in [0.25, 0.3) is 0 Å². The van der Waals surface area contributed by atoms with Crippen molar-refractivity contribution in [3.63, 3.8) is 0 Å². The topological polar surface area (TPSA) is 25.8 Å². The molecule has 0 aliphatic rings. The van der Waals surface area contributed by atoms with Crippen LogP contribution >= 0.6 is 39.1 Å². The predicted molar refractivity (Wildman–Crippen MR) is 82.6 cm³/mol. The first-order valence-electron chi connectivity index (χ1n) is 5.74. The minimum absolute atomic E-state index is 0.0127. The summed E-state index contributed by atoms with van der Waals surface area (Å²) < 4.78 is 28.5. The Hall–Kier alpha value is -1.30. The van der Waals surface area contributed by atoms with E-state index in [1.54, 1.807) is 6.07 Å². The summed E-state index contributed by atoms with van der Waals surface area (Å²) >= 11 is 15.1. The molecule has 106 valence electrons. The lowest BCUT2D eigenvalue weighted by Gasteiger charge is -2.08. The maximum Gasteiger partial charge on any atom is 0.164 e. The summed E-state index contributed by atoms with van der Waals surface area (Å²) in [4.78, 5) is 8.10. The largest absolute Gasteiger partial charge is 0.225 e. The standard InChI is InChI=1S/C14H5BrCl2F2N2/c15-7-4-5-9(18)12-10(7)13(17)21-14(20-12)6-2-1-3-8(16)11(6)19/h1-5H. The van der Waals surface area contributed by atoms with Crippen molar-refractivity contribution in [3.8, 4) is 11.4 Å². The molecule has 0 aliphatic heterocycles. The minimum atomic E-state index is -0.676. The van der Waals surface area contributed by atoms with Gasteiger partial charge in [-0.05, 0) is 40.2 Å². The van der Waals surface area contributed by atoms with E-state index in [1.807, 2.05) is 0 Å². The molecule has 1 aromatic heterocycles. The summed E-state index contributed by atoms with van der Waals surface area (Å²) in [7, 11) is 0. The number of hydrogen-bond donors (Lipinski definition) is 0. The van der Waals surface area contributed by atoms with E-state index in [1.165, 1.54) is 24.3 Å². The fraction of sp³-hybridized carbons (Fsp3) is 0. The van der Waals surface area contributed by atoms with E-state index in [2.05, 4.69) is 25.9 Å². The molecule has 2 aromatic carbocycles. The van der Waals surface area contributed by atoms with Gasteiger partial charge in [-0.2, -0.15) is 0 Å². The van der Waals surface area contributed by atoms with Crippen molar-refractivity contribution in [3.05, 3.63) is 56.6 Å². The van der Waals surface area contributed by atoms with E-state index in [4.69, 9.17) is 23.2 Å². The van der Waals surface area contributed by atoms with Gasteiger partial charge < -0.3 is 0 Å². The molecule has 1 heterocycles. The molecule has 0 aliphatic carbocycles. The monoisotopic (exact) mass is 388 g/mol. The van der Waals surface area contributed by atoms with Gasteiger partial charge in [0.1, 0.15) is 16.5 Å². The molecule has 0 saturated carbocycles. The summed E-state index contributed by atoms with van der Waals surface area (Å²) in [6.07, 6.45) is 0. The van der Waals surface area contributed by atoms with Crippen LogP contribution in [0.15, 0.2) is 34.8 Å². The molecule has 0 atom stereocenters. The molecule has 2 nitrogen and oxygen atoms in total. The van der Waals surface area contributed by atoms with Gasteiger partial charge in [0, 0.05) is 4.47 Å². The Bertz CT molecular complexity index is 871. The van der Waals surface area contributed by atoms with Crippen molar-refractivity contribution in [1.82, 2.24) is 9.97 Å². The van der Waals surface area contributed by atoms with Crippen molar-refractivity contribution in [2.45, 2.75) is 0 Å². The average Bonchev–Trinajstić information content (AvgIpc) is 2.45. The van der Waals surface area contributed by atoms with Gasteiger partial charge in [-0.15, -0.1) is 0 Å². The first kappa shape index (κ1) is 14.6. The summed E-state index contributed by atoms with van der Waals surface area (Å²) in [6, 6.07) is 7.16. The van der Waals surface area contributed by atoms with Gasteiger partial charge in [-0.3, -0.25) is 0 Å². The average molecular weight is 390 g/mol. The van der Waals surface area contributed by atoms with Crippen LogP contribution in [0.25, 0.3) is 22.3 Å². The van der Waals surface area contributed by atoms with Crippen LogP contribution in [0.5, 0.6) is 0 Å². The lowest BCUT2D eigenvalue weighted by molar-refractivity contribution is 0.629. The van der Waals surface area contributed by atoms with Gasteiger partial charge in [0.05, 0.1) is 16.0 Å². The Balaban J connectivity index is 2.36. The second-order valence-corrected chi connectivity index (χ2v) is 5.81. The highest BCUT2D eigenvalue weighted by Gasteiger charge is 2.17. The minimum Gasteiger partial charge on any atom is -0.225 e. The molecule has 21 heavy (non-hydrogen) atoms. The Kier molecular flexibility index (Phi) is 3.82. The zero-order valence-corrected chi connectivity index (χ0v) is 13.3. The summed E-state index contributed by atoms with van der Waals surface area (Å²) in [5.41, 5.74) is 0.0735. The Labute approximate surface area is 136 Å². The van der Waals surface area contributed by atoms with Crippen molar-refractivity contribution in [2.75, 3.05) is 0 Å². The van der Waals surface area contributed by atoms with E-state index in [9.17, 15) is 8.78 Å². The van der Waals surface area contributed by atoms with Gasteiger partial charge >= 0.3 is 0 Å². The second kappa shape index (κ2) is 5.48. The zero-order chi connectivity index (χ0) is 15.1. The Morgan fingerprint density at radius 3 is 2.52 bits per heavy atom.